The van der Waals surface area contributed by atoms with E-state index in [1.807, 2.05) is 11.3 Å². The van der Waals surface area contributed by atoms with E-state index < -0.39 is 0 Å². The van der Waals surface area contributed by atoms with Gasteiger partial charge in [0.2, 0.25) is 0 Å². The van der Waals surface area contributed by atoms with Crippen molar-refractivity contribution in [2.75, 3.05) is 0 Å². The Kier molecular flexibility index (Phi) is 3.68. The summed E-state index contributed by atoms with van der Waals surface area (Å²) in [5.74, 6) is 0. The molecule has 3 rings (SSSR count). The van der Waals surface area contributed by atoms with Gasteiger partial charge in [0.1, 0.15) is 0 Å². The van der Waals surface area contributed by atoms with Gasteiger partial charge in [-0.1, -0.05) is 20.8 Å². The topological polar surface area (TPSA) is 34.2 Å². The van der Waals surface area contributed by atoms with Gasteiger partial charge in [0.15, 0.2) is 0 Å². The molecule has 4 unspecified atom stereocenters. The van der Waals surface area contributed by atoms with Crippen molar-refractivity contribution in [2.45, 2.75) is 83.6 Å². The Morgan fingerprint density at radius 1 is 1.35 bits per heavy atom. The maximum atomic E-state index is 5.94. The lowest BCUT2D eigenvalue weighted by Gasteiger charge is -2.24. The van der Waals surface area contributed by atoms with Crippen LogP contribution < -0.4 is 5.32 Å². The molecule has 0 saturated carbocycles. The lowest BCUT2D eigenvalue weighted by atomic mass is 9.95. The molecule has 1 N–H and O–H groups in total. The van der Waals surface area contributed by atoms with Crippen LogP contribution >= 0.6 is 11.3 Å². The van der Waals surface area contributed by atoms with Crippen LogP contribution in [0.25, 0.3) is 0 Å². The molecular weight excluding hydrogens is 268 g/mol. The molecular formula is C16H26N2OS. The first-order valence-electron chi connectivity index (χ1n) is 7.74. The lowest BCUT2D eigenvalue weighted by Crippen LogP contribution is -2.38. The summed E-state index contributed by atoms with van der Waals surface area (Å²) in [4.78, 5) is 6.16. The minimum atomic E-state index is 0.142. The molecule has 0 aliphatic carbocycles. The summed E-state index contributed by atoms with van der Waals surface area (Å²) in [5.41, 5.74) is 1.33. The van der Waals surface area contributed by atoms with Crippen LogP contribution in [-0.2, 0) is 10.2 Å². The van der Waals surface area contributed by atoms with Gasteiger partial charge in [-0.2, -0.15) is 0 Å². The second-order valence-electron chi connectivity index (χ2n) is 7.32. The first-order valence-corrected chi connectivity index (χ1v) is 8.55. The van der Waals surface area contributed by atoms with Crippen molar-refractivity contribution < 1.29 is 4.74 Å². The quantitative estimate of drug-likeness (QED) is 0.922. The van der Waals surface area contributed by atoms with Gasteiger partial charge >= 0.3 is 0 Å². The van der Waals surface area contributed by atoms with Crippen LogP contribution in [0.3, 0.4) is 0 Å². The Bertz CT molecular complexity index is 491. The summed E-state index contributed by atoms with van der Waals surface area (Å²) < 4.78 is 5.94. The third-order valence-corrected chi connectivity index (χ3v) is 6.20. The van der Waals surface area contributed by atoms with Crippen LogP contribution in [0.1, 0.15) is 68.6 Å². The summed E-state index contributed by atoms with van der Waals surface area (Å²) in [5, 5.41) is 5.02. The minimum Gasteiger partial charge on any atom is -0.373 e. The van der Waals surface area contributed by atoms with E-state index in [1.54, 1.807) is 0 Å². The van der Waals surface area contributed by atoms with Gasteiger partial charge in [0.25, 0.3) is 0 Å². The smallest absolute Gasteiger partial charge is 0.0985 e. The molecule has 112 valence electrons. The molecule has 2 bridgehead atoms. The van der Waals surface area contributed by atoms with Gasteiger partial charge in [-0.15, -0.1) is 11.3 Å². The Hall–Kier alpha value is -0.450. The highest BCUT2D eigenvalue weighted by Gasteiger charge is 2.41. The number of fused-ring (bicyclic) bond motifs is 2. The number of rotatable bonds is 3. The minimum absolute atomic E-state index is 0.142. The first kappa shape index (κ1) is 14.5. The number of aryl methyl sites for hydroxylation is 1. The summed E-state index contributed by atoms with van der Waals surface area (Å²) in [6.07, 6.45) is 4.61. The lowest BCUT2D eigenvalue weighted by molar-refractivity contribution is 0.0963. The van der Waals surface area contributed by atoms with E-state index in [0.717, 1.165) is 0 Å². The number of ether oxygens (including phenoxy) is 1. The van der Waals surface area contributed by atoms with Crippen LogP contribution in [0.15, 0.2) is 0 Å². The van der Waals surface area contributed by atoms with Gasteiger partial charge in [0, 0.05) is 22.4 Å². The van der Waals surface area contributed by atoms with Crippen molar-refractivity contribution >= 4 is 11.3 Å². The SMILES string of the molecule is Cc1nc(C(C)(C)C)sc1C(C)NC1CC2CCC1O2. The normalized spacial score (nSPS) is 30.9. The second-order valence-corrected chi connectivity index (χ2v) is 8.35. The molecule has 0 spiro atoms. The zero-order valence-corrected chi connectivity index (χ0v) is 14.0. The molecule has 2 saturated heterocycles. The number of nitrogens with one attached hydrogen (secondary N) is 1. The van der Waals surface area contributed by atoms with Crippen molar-refractivity contribution in [3.63, 3.8) is 0 Å². The fourth-order valence-corrected chi connectivity index (χ4v) is 4.48. The molecule has 4 heteroatoms. The number of thiazole rings is 1. The Balaban J connectivity index is 1.71. The van der Waals surface area contributed by atoms with Crippen LogP contribution in [0, 0.1) is 6.92 Å². The zero-order chi connectivity index (χ0) is 14.5. The van der Waals surface area contributed by atoms with Crippen molar-refractivity contribution in [2.24, 2.45) is 0 Å². The molecule has 3 nitrogen and oxygen atoms in total. The Labute approximate surface area is 126 Å². The van der Waals surface area contributed by atoms with Crippen molar-refractivity contribution in [3.05, 3.63) is 15.6 Å². The Morgan fingerprint density at radius 3 is 2.60 bits per heavy atom. The number of hydrogen-bond donors (Lipinski definition) is 1. The molecule has 4 atom stereocenters. The number of hydrogen-bond acceptors (Lipinski definition) is 4. The molecule has 2 aliphatic rings. The molecule has 3 heterocycles. The molecule has 0 radical (unpaired) electrons. The van der Waals surface area contributed by atoms with Gasteiger partial charge in [0.05, 0.1) is 22.9 Å². The van der Waals surface area contributed by atoms with E-state index in [2.05, 4.69) is 39.9 Å². The standard InChI is InChI=1S/C16H26N2OS/c1-9(17-12-8-11-6-7-13(12)19-11)14-10(2)18-15(20-14)16(3,4)5/h9,11-13,17H,6-8H2,1-5H3. The zero-order valence-electron chi connectivity index (χ0n) is 13.2. The second kappa shape index (κ2) is 5.08. The molecule has 1 aromatic heterocycles. The Morgan fingerprint density at radius 2 is 2.10 bits per heavy atom. The number of aromatic nitrogens is 1. The van der Waals surface area contributed by atoms with E-state index in [9.17, 15) is 0 Å². The van der Waals surface area contributed by atoms with E-state index in [1.165, 1.54) is 34.8 Å². The maximum absolute atomic E-state index is 5.94. The van der Waals surface area contributed by atoms with Crippen LogP contribution in [0.2, 0.25) is 0 Å². The summed E-state index contributed by atoms with van der Waals surface area (Å²) >= 11 is 1.86. The fourth-order valence-electron chi connectivity index (χ4n) is 3.34. The molecule has 2 aliphatic heterocycles. The van der Waals surface area contributed by atoms with Crippen molar-refractivity contribution in [1.29, 1.82) is 0 Å². The van der Waals surface area contributed by atoms with Gasteiger partial charge in [-0.25, -0.2) is 4.98 Å². The van der Waals surface area contributed by atoms with E-state index >= 15 is 0 Å². The highest BCUT2D eigenvalue weighted by molar-refractivity contribution is 7.12. The molecule has 20 heavy (non-hydrogen) atoms. The van der Waals surface area contributed by atoms with Crippen molar-refractivity contribution in [1.82, 2.24) is 10.3 Å². The van der Waals surface area contributed by atoms with Gasteiger partial charge < -0.3 is 10.1 Å². The van der Waals surface area contributed by atoms with E-state index in [4.69, 9.17) is 9.72 Å². The molecule has 1 aromatic rings. The monoisotopic (exact) mass is 294 g/mol. The average Bonchev–Trinajstić information content (AvgIpc) is 3.01. The first-order chi connectivity index (χ1) is 9.34. The molecule has 0 aromatic carbocycles. The summed E-state index contributed by atoms with van der Waals surface area (Å²) in [7, 11) is 0. The van der Waals surface area contributed by atoms with E-state index in [-0.39, 0.29) is 5.41 Å². The predicted molar refractivity (Wildman–Crippen MR) is 83.4 cm³/mol. The fraction of sp³-hybridized carbons (Fsp3) is 0.812. The summed E-state index contributed by atoms with van der Waals surface area (Å²) in [6.45, 7) is 11.1. The van der Waals surface area contributed by atoms with Crippen LogP contribution in [-0.4, -0.2) is 23.2 Å². The summed E-state index contributed by atoms with van der Waals surface area (Å²) in [6, 6.07) is 0.903. The highest BCUT2D eigenvalue weighted by atomic mass is 32.1. The predicted octanol–water partition coefficient (Wildman–Crippen LogP) is 3.72. The van der Waals surface area contributed by atoms with Gasteiger partial charge in [-0.3, -0.25) is 0 Å². The largest absolute Gasteiger partial charge is 0.373 e. The third-order valence-electron chi connectivity index (χ3n) is 4.44. The van der Waals surface area contributed by atoms with Crippen molar-refractivity contribution in [3.8, 4) is 0 Å². The highest BCUT2D eigenvalue weighted by Crippen LogP contribution is 2.37. The van der Waals surface area contributed by atoms with Crippen LogP contribution in [0.5, 0.6) is 0 Å². The van der Waals surface area contributed by atoms with Gasteiger partial charge in [-0.05, 0) is 33.1 Å². The van der Waals surface area contributed by atoms with E-state index in [0.29, 0.717) is 24.3 Å². The molecule has 0 amide bonds. The third kappa shape index (κ3) is 2.66. The number of nitrogens with zero attached hydrogens (tertiary/aromatic N) is 1. The van der Waals surface area contributed by atoms with Crippen LogP contribution in [0.4, 0.5) is 0 Å². The molecule has 2 fully saturated rings. The average molecular weight is 294 g/mol. The maximum Gasteiger partial charge on any atom is 0.0985 e.